The van der Waals surface area contributed by atoms with E-state index in [0.29, 0.717) is 30.3 Å². The highest BCUT2D eigenvalue weighted by molar-refractivity contribution is 5.66. The molecular formula is C35H55NO4. The highest BCUT2D eigenvalue weighted by Gasteiger charge is 2.76. The number of aliphatic imine (C=N–C) groups is 1. The van der Waals surface area contributed by atoms with Crippen LogP contribution in [0.1, 0.15) is 120 Å². The number of nitrogens with zero attached hydrogens (tertiary/aromatic N) is 1. The number of allylic oxidation sites excluding steroid dienone is 1. The van der Waals surface area contributed by atoms with Crippen LogP contribution >= 0.6 is 0 Å². The Morgan fingerprint density at radius 3 is 2.20 bits per heavy atom. The third-order valence-corrected chi connectivity index (χ3v) is 14.3. The van der Waals surface area contributed by atoms with E-state index >= 15 is 0 Å². The molecule has 5 heteroatoms. The van der Waals surface area contributed by atoms with Gasteiger partial charge in [0.15, 0.2) is 0 Å². The second-order valence-electron chi connectivity index (χ2n) is 15.8. The molecule has 0 aromatic carbocycles. The van der Waals surface area contributed by atoms with Gasteiger partial charge in [-0.1, -0.05) is 40.7 Å². The van der Waals surface area contributed by atoms with Gasteiger partial charge in [0.05, 0.1) is 12.1 Å². The van der Waals surface area contributed by atoms with Crippen molar-refractivity contribution in [3.05, 3.63) is 12.7 Å². The summed E-state index contributed by atoms with van der Waals surface area (Å²) in [6.45, 7) is 22.6. The fourth-order valence-corrected chi connectivity index (χ4v) is 12.5. The van der Waals surface area contributed by atoms with Crippen LogP contribution in [0.5, 0.6) is 0 Å². The quantitative estimate of drug-likeness (QED) is 0.197. The van der Waals surface area contributed by atoms with Gasteiger partial charge in [0.2, 0.25) is 0 Å². The lowest BCUT2D eigenvalue weighted by atomic mass is 9.30. The fourth-order valence-electron chi connectivity index (χ4n) is 12.5. The van der Waals surface area contributed by atoms with Crippen LogP contribution in [0, 0.1) is 50.7 Å². The molecule has 5 aliphatic rings. The molecule has 0 unspecified atom stereocenters. The summed E-state index contributed by atoms with van der Waals surface area (Å²) in [4.78, 5) is 29.6. The summed E-state index contributed by atoms with van der Waals surface area (Å²) in [6.07, 6.45) is 15.4. The first-order valence-electron chi connectivity index (χ1n) is 16.1. The smallest absolute Gasteiger partial charge is 0.302 e. The Hall–Kier alpha value is -1.65. The van der Waals surface area contributed by atoms with Gasteiger partial charge in [-0.2, -0.15) is 0 Å². The number of carbonyl (C=O) groups is 2. The number of hydrogen-bond donors (Lipinski definition) is 0. The number of hydrogen-bond acceptors (Lipinski definition) is 5. The minimum Gasteiger partial charge on any atom is -0.465 e. The number of ether oxygens (including phenoxy) is 2. The van der Waals surface area contributed by atoms with Crippen LogP contribution in [0.3, 0.4) is 0 Å². The zero-order valence-corrected chi connectivity index (χ0v) is 26.6. The van der Waals surface area contributed by atoms with E-state index < -0.39 is 0 Å². The van der Waals surface area contributed by atoms with Gasteiger partial charge in [0, 0.05) is 24.7 Å². The largest absolute Gasteiger partial charge is 0.465 e. The van der Waals surface area contributed by atoms with E-state index in [2.05, 4.69) is 60.4 Å². The molecule has 10 atom stereocenters. The number of esters is 2. The predicted octanol–water partition coefficient (Wildman–Crippen LogP) is 7.96. The standard InChI is InChI=1S/C35H55NO4/c1-10-25-12-18-34(22-39-23(3)37)21-20-33(9)32(8)17-13-26-30(5,6)28(40-24(4)38)15-16-31(26,7)27(32)14-19-35(33,29(25)34)36-11-2/h10-11,25-29H,1,12-22H2,2-9H3/b36-11+/t25-,26+,27-,28+,29+,31+,32-,33+,34-,35+/m1/s1. The number of carbonyl (C=O) groups excluding carboxylic acids is 2. The van der Waals surface area contributed by atoms with Crippen LogP contribution in [-0.2, 0) is 19.1 Å². The number of fused-ring (bicyclic) bond motifs is 7. The van der Waals surface area contributed by atoms with Crippen molar-refractivity contribution >= 4 is 18.2 Å². The molecule has 0 saturated heterocycles. The molecule has 0 radical (unpaired) electrons. The van der Waals surface area contributed by atoms with Crippen LogP contribution in [0.4, 0.5) is 0 Å². The third kappa shape index (κ3) is 3.80. The lowest BCUT2D eigenvalue weighted by Crippen LogP contribution is -2.73. The SMILES string of the molecule is C=C[C@@H]1CC[C@]2(COC(C)=O)CC[C@]3(C)[C@](/N=C/C)(CC[C@@H]4[C@@]5(C)CC[C@H](OC(C)=O)C(C)(C)[C@@H]5CC[C@]43C)[C@@H]12. The van der Waals surface area contributed by atoms with Gasteiger partial charge in [-0.25, -0.2) is 0 Å². The van der Waals surface area contributed by atoms with E-state index in [1.807, 2.05) is 0 Å². The molecule has 0 aromatic heterocycles. The van der Waals surface area contributed by atoms with Crippen molar-refractivity contribution in [2.24, 2.45) is 55.7 Å². The van der Waals surface area contributed by atoms with E-state index in [4.69, 9.17) is 14.5 Å². The Morgan fingerprint density at radius 2 is 1.57 bits per heavy atom. The second-order valence-corrected chi connectivity index (χ2v) is 15.8. The topological polar surface area (TPSA) is 65.0 Å². The molecule has 5 rings (SSSR count). The Labute approximate surface area is 243 Å². The summed E-state index contributed by atoms with van der Waals surface area (Å²) in [6, 6.07) is 0. The first-order valence-corrected chi connectivity index (χ1v) is 16.1. The molecule has 0 bridgehead atoms. The summed E-state index contributed by atoms with van der Waals surface area (Å²) in [5.74, 6) is 1.54. The molecule has 5 saturated carbocycles. The van der Waals surface area contributed by atoms with Crippen molar-refractivity contribution in [2.75, 3.05) is 6.61 Å². The first kappa shape index (κ1) is 29.8. The van der Waals surface area contributed by atoms with Gasteiger partial charge in [-0.3, -0.25) is 14.6 Å². The van der Waals surface area contributed by atoms with Gasteiger partial charge >= 0.3 is 11.9 Å². The van der Waals surface area contributed by atoms with Crippen molar-refractivity contribution in [1.29, 1.82) is 0 Å². The maximum Gasteiger partial charge on any atom is 0.302 e. The molecule has 0 heterocycles. The van der Waals surface area contributed by atoms with E-state index in [1.165, 1.54) is 19.3 Å². The minimum atomic E-state index is -0.186. The molecule has 0 spiro atoms. The van der Waals surface area contributed by atoms with Gasteiger partial charge < -0.3 is 9.47 Å². The lowest BCUT2D eigenvalue weighted by molar-refractivity contribution is -0.257. The van der Waals surface area contributed by atoms with Crippen LogP contribution in [-0.4, -0.2) is 36.4 Å². The zero-order chi connectivity index (χ0) is 29.4. The molecule has 5 nitrogen and oxygen atoms in total. The van der Waals surface area contributed by atoms with Gasteiger partial charge in [-0.15, -0.1) is 6.58 Å². The van der Waals surface area contributed by atoms with Crippen LogP contribution < -0.4 is 0 Å². The summed E-state index contributed by atoms with van der Waals surface area (Å²) >= 11 is 0. The lowest BCUT2D eigenvalue weighted by Gasteiger charge is -2.75. The molecule has 0 aliphatic heterocycles. The van der Waals surface area contributed by atoms with Crippen molar-refractivity contribution < 1.29 is 19.1 Å². The molecule has 5 fully saturated rings. The fraction of sp³-hybridized carbons (Fsp3) is 0.857. The van der Waals surface area contributed by atoms with Crippen LogP contribution in [0.15, 0.2) is 17.6 Å². The predicted molar refractivity (Wildman–Crippen MR) is 160 cm³/mol. The molecule has 0 N–H and O–H groups in total. The van der Waals surface area contributed by atoms with E-state index in [0.717, 1.165) is 44.9 Å². The molecule has 0 aromatic rings. The van der Waals surface area contributed by atoms with E-state index in [-0.39, 0.29) is 50.7 Å². The van der Waals surface area contributed by atoms with Crippen LogP contribution in [0.25, 0.3) is 0 Å². The molecule has 40 heavy (non-hydrogen) atoms. The summed E-state index contributed by atoms with van der Waals surface area (Å²) < 4.78 is 11.8. The minimum absolute atomic E-state index is 0.00111. The summed E-state index contributed by atoms with van der Waals surface area (Å²) in [5.41, 5.74) is 0.144. The maximum absolute atomic E-state index is 12.0. The molecular weight excluding hydrogens is 498 g/mol. The van der Waals surface area contributed by atoms with E-state index in [9.17, 15) is 9.59 Å². The zero-order valence-electron chi connectivity index (χ0n) is 26.6. The van der Waals surface area contributed by atoms with Gasteiger partial charge in [0.25, 0.3) is 0 Å². The highest BCUT2D eigenvalue weighted by Crippen LogP contribution is 2.79. The normalized spacial score (nSPS) is 49.2. The Bertz CT molecular complexity index is 1080. The van der Waals surface area contributed by atoms with Crippen molar-refractivity contribution in [3.8, 4) is 0 Å². The number of rotatable bonds is 5. The van der Waals surface area contributed by atoms with Crippen molar-refractivity contribution in [2.45, 2.75) is 131 Å². The third-order valence-electron chi connectivity index (χ3n) is 14.3. The molecule has 0 amide bonds. The molecule has 5 aliphatic carbocycles. The first-order chi connectivity index (χ1) is 18.7. The van der Waals surface area contributed by atoms with Crippen molar-refractivity contribution in [1.82, 2.24) is 0 Å². The Balaban J connectivity index is 1.58. The van der Waals surface area contributed by atoms with E-state index in [1.54, 1.807) is 13.8 Å². The van der Waals surface area contributed by atoms with Crippen molar-refractivity contribution in [3.63, 3.8) is 0 Å². The van der Waals surface area contributed by atoms with Gasteiger partial charge in [0.1, 0.15) is 6.10 Å². The molecule has 224 valence electrons. The summed E-state index contributed by atoms with van der Waals surface area (Å²) in [5, 5.41) is 0. The highest BCUT2D eigenvalue weighted by atomic mass is 16.5. The summed E-state index contributed by atoms with van der Waals surface area (Å²) in [7, 11) is 0. The average Bonchev–Trinajstić information content (AvgIpc) is 3.26. The monoisotopic (exact) mass is 553 g/mol. The Kier molecular flexibility index (Phi) is 7.23. The average molecular weight is 554 g/mol. The van der Waals surface area contributed by atoms with Gasteiger partial charge in [-0.05, 0) is 117 Å². The van der Waals surface area contributed by atoms with Crippen LogP contribution in [0.2, 0.25) is 0 Å². The Morgan fingerprint density at radius 1 is 0.875 bits per heavy atom. The second kappa shape index (κ2) is 9.69. The maximum atomic E-state index is 12.0.